The monoisotopic (exact) mass is 479 g/mol. The van der Waals surface area contributed by atoms with Crippen molar-refractivity contribution in [2.75, 3.05) is 32.2 Å². The molecule has 2 N–H and O–H groups in total. The smallest absolute Gasteiger partial charge is 0.338 e. The molecule has 1 unspecified atom stereocenters. The van der Waals surface area contributed by atoms with Crippen LogP contribution in [0.25, 0.3) is 0 Å². The molecule has 1 atom stereocenters. The van der Waals surface area contributed by atoms with Crippen LogP contribution in [0, 0.1) is 0 Å². The second-order valence-electron chi connectivity index (χ2n) is 8.29. The van der Waals surface area contributed by atoms with Gasteiger partial charge in [0.15, 0.2) is 0 Å². The summed E-state index contributed by atoms with van der Waals surface area (Å²) in [6.45, 7) is 6.67. The number of esters is 1. The Morgan fingerprint density at radius 1 is 1.03 bits per heavy atom. The Morgan fingerprint density at radius 2 is 1.71 bits per heavy atom. The highest BCUT2D eigenvalue weighted by Crippen LogP contribution is 2.32. The predicted molar refractivity (Wildman–Crippen MR) is 134 cm³/mol. The van der Waals surface area contributed by atoms with Crippen LogP contribution < -0.4 is 10.6 Å². The number of aryl methyl sites for hydroxylation is 1. The summed E-state index contributed by atoms with van der Waals surface area (Å²) in [6, 6.07) is 13.6. The van der Waals surface area contributed by atoms with Crippen molar-refractivity contribution in [1.82, 2.24) is 10.2 Å². The Bertz CT molecular complexity index is 1080. The molecule has 0 saturated heterocycles. The zero-order valence-corrected chi connectivity index (χ0v) is 20.7. The number of urea groups is 1. The lowest BCUT2D eigenvalue weighted by molar-refractivity contribution is -0.140. The Hall–Kier alpha value is -3.65. The van der Waals surface area contributed by atoms with Gasteiger partial charge in [-0.2, -0.15) is 0 Å². The molecule has 186 valence electrons. The van der Waals surface area contributed by atoms with Crippen LogP contribution in [-0.2, 0) is 20.7 Å². The minimum Gasteiger partial charge on any atom is -0.460 e. The quantitative estimate of drug-likeness (QED) is 0.388. The van der Waals surface area contributed by atoms with E-state index in [0.717, 1.165) is 18.4 Å². The van der Waals surface area contributed by atoms with E-state index in [-0.39, 0.29) is 25.2 Å². The van der Waals surface area contributed by atoms with Crippen molar-refractivity contribution in [1.29, 1.82) is 0 Å². The Balaban J connectivity index is 1.82. The van der Waals surface area contributed by atoms with Gasteiger partial charge in [-0.1, -0.05) is 38.1 Å². The molecule has 1 heterocycles. The van der Waals surface area contributed by atoms with E-state index in [1.165, 1.54) is 7.11 Å². The number of ether oxygens (including phenoxy) is 2. The van der Waals surface area contributed by atoms with E-state index in [4.69, 9.17) is 9.47 Å². The zero-order chi connectivity index (χ0) is 25.4. The number of anilines is 1. The number of nitrogens with zero attached hydrogens (tertiary/aromatic N) is 1. The highest BCUT2D eigenvalue weighted by Gasteiger charge is 2.36. The molecule has 1 aliphatic heterocycles. The first kappa shape index (κ1) is 26.0. The summed E-state index contributed by atoms with van der Waals surface area (Å²) in [4.78, 5) is 39.9. The van der Waals surface area contributed by atoms with Crippen LogP contribution in [0.15, 0.2) is 59.8 Å². The van der Waals surface area contributed by atoms with Crippen molar-refractivity contribution >= 4 is 23.6 Å². The summed E-state index contributed by atoms with van der Waals surface area (Å²) in [5, 5.41) is 5.81. The maximum atomic E-state index is 13.0. The molecular weight excluding hydrogens is 446 g/mol. The van der Waals surface area contributed by atoms with E-state index in [0.29, 0.717) is 34.6 Å². The number of allylic oxidation sites excluding steroid dienone is 1. The van der Waals surface area contributed by atoms with Crippen molar-refractivity contribution in [2.45, 2.75) is 39.7 Å². The fourth-order valence-electron chi connectivity index (χ4n) is 3.94. The molecule has 0 fully saturated rings. The van der Waals surface area contributed by atoms with Gasteiger partial charge in [0.05, 0.1) is 18.2 Å². The second-order valence-corrected chi connectivity index (χ2v) is 8.29. The SMILES string of the molecule is CCCN1C(=O)NC(c2ccc(NC(=O)c3ccc(CC)cc3)cc2)C(C(=O)OCCOC)=C1C. The lowest BCUT2D eigenvalue weighted by Crippen LogP contribution is -2.48. The predicted octanol–water partition coefficient (Wildman–Crippen LogP) is 4.44. The fourth-order valence-corrected chi connectivity index (χ4v) is 3.94. The van der Waals surface area contributed by atoms with Crippen LogP contribution in [0.5, 0.6) is 0 Å². The van der Waals surface area contributed by atoms with E-state index in [9.17, 15) is 14.4 Å². The maximum absolute atomic E-state index is 13.0. The second kappa shape index (κ2) is 12.2. The van der Waals surface area contributed by atoms with Gasteiger partial charge in [-0.25, -0.2) is 9.59 Å². The standard InChI is InChI=1S/C27H33N3O5/c1-5-15-30-18(3)23(26(32)35-17-16-34-4)24(29-27(30)33)20-11-13-22(14-12-20)28-25(31)21-9-7-19(6-2)8-10-21/h7-14,24H,5-6,15-17H2,1-4H3,(H,28,31)(H,29,33). The number of carbonyl (C=O) groups is 3. The average molecular weight is 480 g/mol. The van der Waals surface area contributed by atoms with Gasteiger partial charge < -0.3 is 20.1 Å². The fraction of sp³-hybridized carbons (Fsp3) is 0.370. The largest absolute Gasteiger partial charge is 0.460 e. The molecule has 0 aliphatic carbocycles. The molecule has 1 aliphatic rings. The Kier molecular flexibility index (Phi) is 9.03. The Labute approximate surface area is 206 Å². The lowest BCUT2D eigenvalue weighted by atomic mass is 9.94. The van der Waals surface area contributed by atoms with Crippen molar-refractivity contribution < 1.29 is 23.9 Å². The summed E-state index contributed by atoms with van der Waals surface area (Å²) in [7, 11) is 1.53. The van der Waals surface area contributed by atoms with Crippen LogP contribution >= 0.6 is 0 Å². The van der Waals surface area contributed by atoms with Gasteiger partial charge in [0.25, 0.3) is 5.91 Å². The number of carbonyl (C=O) groups excluding carboxylic acids is 3. The van der Waals surface area contributed by atoms with E-state index >= 15 is 0 Å². The third kappa shape index (κ3) is 6.27. The van der Waals surface area contributed by atoms with Gasteiger partial charge in [0, 0.05) is 30.6 Å². The summed E-state index contributed by atoms with van der Waals surface area (Å²) < 4.78 is 10.4. The van der Waals surface area contributed by atoms with Gasteiger partial charge in [-0.05, 0) is 55.2 Å². The highest BCUT2D eigenvalue weighted by molar-refractivity contribution is 6.04. The number of nitrogens with one attached hydrogen (secondary N) is 2. The van der Waals surface area contributed by atoms with E-state index in [2.05, 4.69) is 17.6 Å². The van der Waals surface area contributed by atoms with Gasteiger partial charge in [-0.15, -0.1) is 0 Å². The van der Waals surface area contributed by atoms with Crippen LogP contribution in [0.3, 0.4) is 0 Å². The minimum atomic E-state index is -0.669. The first-order chi connectivity index (χ1) is 16.9. The number of rotatable bonds is 10. The Morgan fingerprint density at radius 3 is 2.31 bits per heavy atom. The molecule has 8 heteroatoms. The zero-order valence-electron chi connectivity index (χ0n) is 20.7. The molecule has 3 amide bonds. The number of amides is 3. The summed E-state index contributed by atoms with van der Waals surface area (Å²) >= 11 is 0. The molecule has 0 saturated carbocycles. The van der Waals surface area contributed by atoms with Crippen molar-refractivity contribution in [2.24, 2.45) is 0 Å². The molecule has 0 bridgehead atoms. The molecular formula is C27H33N3O5. The van der Waals surface area contributed by atoms with Gasteiger partial charge in [0.1, 0.15) is 6.61 Å². The number of hydrogen-bond donors (Lipinski definition) is 2. The van der Waals surface area contributed by atoms with Gasteiger partial charge in [0.2, 0.25) is 0 Å². The van der Waals surface area contributed by atoms with Crippen molar-refractivity contribution in [3.05, 3.63) is 76.5 Å². The van der Waals surface area contributed by atoms with Crippen molar-refractivity contribution in [3.8, 4) is 0 Å². The van der Waals surface area contributed by atoms with E-state index in [1.807, 2.05) is 19.1 Å². The van der Waals surface area contributed by atoms with Gasteiger partial charge in [-0.3, -0.25) is 9.69 Å². The molecule has 0 radical (unpaired) electrons. The minimum absolute atomic E-state index is 0.116. The molecule has 2 aromatic carbocycles. The third-order valence-electron chi connectivity index (χ3n) is 5.91. The summed E-state index contributed by atoms with van der Waals surface area (Å²) in [5.41, 5.74) is 3.99. The first-order valence-electron chi connectivity index (χ1n) is 11.8. The van der Waals surface area contributed by atoms with Crippen LogP contribution in [0.4, 0.5) is 10.5 Å². The summed E-state index contributed by atoms with van der Waals surface area (Å²) in [6.07, 6.45) is 1.66. The van der Waals surface area contributed by atoms with Crippen LogP contribution in [0.1, 0.15) is 54.7 Å². The summed E-state index contributed by atoms with van der Waals surface area (Å²) in [5.74, 6) is -0.710. The van der Waals surface area contributed by atoms with Crippen LogP contribution in [0.2, 0.25) is 0 Å². The molecule has 2 aromatic rings. The van der Waals surface area contributed by atoms with Crippen molar-refractivity contribution in [3.63, 3.8) is 0 Å². The number of hydrogen-bond acceptors (Lipinski definition) is 5. The van der Waals surface area contributed by atoms with Gasteiger partial charge >= 0.3 is 12.0 Å². The molecule has 0 spiro atoms. The van der Waals surface area contributed by atoms with E-state index in [1.54, 1.807) is 48.2 Å². The third-order valence-corrected chi connectivity index (χ3v) is 5.91. The molecule has 3 rings (SSSR count). The number of methoxy groups -OCH3 is 1. The molecule has 0 aromatic heterocycles. The highest BCUT2D eigenvalue weighted by atomic mass is 16.6. The van der Waals surface area contributed by atoms with Crippen LogP contribution in [-0.4, -0.2) is 49.7 Å². The number of benzene rings is 2. The normalized spacial score (nSPS) is 15.6. The topological polar surface area (TPSA) is 97.0 Å². The molecule has 35 heavy (non-hydrogen) atoms. The lowest BCUT2D eigenvalue weighted by Gasteiger charge is -2.35. The van der Waals surface area contributed by atoms with E-state index < -0.39 is 12.0 Å². The first-order valence-corrected chi connectivity index (χ1v) is 11.8. The molecule has 8 nitrogen and oxygen atoms in total. The average Bonchev–Trinajstić information content (AvgIpc) is 2.86. The maximum Gasteiger partial charge on any atom is 0.338 e.